The summed E-state index contributed by atoms with van der Waals surface area (Å²) in [6.07, 6.45) is 0.188. The second-order valence-electron chi connectivity index (χ2n) is 3.93. The first-order chi connectivity index (χ1) is 8.08. The van der Waals surface area contributed by atoms with Crippen LogP contribution in [0.1, 0.15) is 22.1 Å². The lowest BCUT2D eigenvalue weighted by Gasteiger charge is -2.13. The van der Waals surface area contributed by atoms with Crippen LogP contribution in [0.15, 0.2) is 38.6 Å². The van der Waals surface area contributed by atoms with Crippen LogP contribution in [-0.4, -0.2) is 5.11 Å². The topological polar surface area (TPSA) is 20.2 Å². The SMILES string of the molecule is Cc1cccc(C(O)Cc2cc(Br)cs2)c1Br. The van der Waals surface area contributed by atoms with Crippen LogP contribution in [0.3, 0.4) is 0 Å². The number of aliphatic hydroxyl groups is 1. The predicted molar refractivity (Wildman–Crippen MR) is 79.6 cm³/mol. The van der Waals surface area contributed by atoms with Gasteiger partial charge in [-0.25, -0.2) is 0 Å². The normalized spacial score (nSPS) is 12.7. The summed E-state index contributed by atoms with van der Waals surface area (Å²) < 4.78 is 2.08. The van der Waals surface area contributed by atoms with Gasteiger partial charge in [0.05, 0.1) is 6.10 Å². The molecule has 17 heavy (non-hydrogen) atoms. The number of aliphatic hydroxyl groups excluding tert-OH is 1. The van der Waals surface area contributed by atoms with E-state index < -0.39 is 6.10 Å². The van der Waals surface area contributed by atoms with Crippen molar-refractivity contribution in [2.45, 2.75) is 19.4 Å². The monoisotopic (exact) mass is 374 g/mol. The van der Waals surface area contributed by atoms with Gasteiger partial charge in [0, 0.05) is 25.6 Å². The Balaban J connectivity index is 2.20. The van der Waals surface area contributed by atoms with Crippen molar-refractivity contribution < 1.29 is 5.11 Å². The summed E-state index contributed by atoms with van der Waals surface area (Å²) in [6.45, 7) is 2.03. The highest BCUT2D eigenvalue weighted by Crippen LogP contribution is 2.30. The summed E-state index contributed by atoms with van der Waals surface area (Å²) in [5, 5.41) is 12.3. The van der Waals surface area contributed by atoms with Crippen molar-refractivity contribution in [2.24, 2.45) is 0 Å². The Morgan fingerprint density at radius 2 is 2.12 bits per heavy atom. The molecule has 4 heteroatoms. The fourth-order valence-electron chi connectivity index (χ4n) is 1.69. The van der Waals surface area contributed by atoms with Crippen molar-refractivity contribution in [1.82, 2.24) is 0 Å². The molecule has 1 N–H and O–H groups in total. The molecule has 1 aromatic carbocycles. The Hall–Kier alpha value is -0.160. The Bertz CT molecular complexity index is 522. The van der Waals surface area contributed by atoms with Gasteiger partial charge in [-0.05, 0) is 40.0 Å². The molecule has 0 spiro atoms. The highest BCUT2D eigenvalue weighted by atomic mass is 79.9. The third-order valence-electron chi connectivity index (χ3n) is 2.60. The van der Waals surface area contributed by atoms with E-state index in [1.807, 2.05) is 30.5 Å². The number of thiophene rings is 1. The standard InChI is InChI=1S/C13H12Br2OS/c1-8-3-2-4-11(13(8)15)12(16)6-10-5-9(14)7-17-10/h2-5,7,12,16H,6H2,1H3. The summed E-state index contributed by atoms with van der Waals surface area (Å²) in [5.41, 5.74) is 2.10. The second kappa shape index (κ2) is 5.65. The van der Waals surface area contributed by atoms with Crippen LogP contribution in [0, 0.1) is 6.92 Å². The summed E-state index contributed by atoms with van der Waals surface area (Å²) in [5.74, 6) is 0. The van der Waals surface area contributed by atoms with Gasteiger partial charge in [-0.3, -0.25) is 0 Å². The molecule has 90 valence electrons. The number of halogens is 2. The summed E-state index contributed by atoms with van der Waals surface area (Å²) >= 11 is 8.62. The minimum Gasteiger partial charge on any atom is -0.388 e. The van der Waals surface area contributed by atoms with Crippen molar-refractivity contribution >= 4 is 43.2 Å². The first-order valence-electron chi connectivity index (χ1n) is 5.24. The van der Waals surface area contributed by atoms with Crippen LogP contribution in [0.4, 0.5) is 0 Å². The van der Waals surface area contributed by atoms with Gasteiger partial charge < -0.3 is 5.11 Å². The Morgan fingerprint density at radius 1 is 1.35 bits per heavy atom. The molecule has 2 rings (SSSR count). The number of benzene rings is 1. The first kappa shape index (κ1) is 13.3. The van der Waals surface area contributed by atoms with E-state index >= 15 is 0 Å². The Labute approximate surface area is 122 Å². The maximum absolute atomic E-state index is 10.2. The molecule has 2 aromatic rings. The average Bonchev–Trinajstić information content (AvgIpc) is 2.68. The number of rotatable bonds is 3. The van der Waals surface area contributed by atoms with E-state index in [1.165, 1.54) is 4.88 Å². The molecule has 0 radical (unpaired) electrons. The quantitative estimate of drug-likeness (QED) is 0.812. The van der Waals surface area contributed by atoms with E-state index in [0.717, 1.165) is 20.1 Å². The van der Waals surface area contributed by atoms with Crippen molar-refractivity contribution in [3.63, 3.8) is 0 Å². The highest BCUT2D eigenvalue weighted by molar-refractivity contribution is 9.10. The summed E-state index contributed by atoms with van der Waals surface area (Å²) in [4.78, 5) is 1.18. The fraction of sp³-hybridized carbons (Fsp3) is 0.231. The van der Waals surface area contributed by atoms with Gasteiger partial charge in [0.2, 0.25) is 0 Å². The minimum atomic E-state index is -0.463. The first-order valence-corrected chi connectivity index (χ1v) is 7.70. The molecule has 0 bridgehead atoms. The summed E-state index contributed by atoms with van der Waals surface area (Å²) in [6, 6.07) is 8.02. The van der Waals surface area contributed by atoms with Gasteiger partial charge in [-0.1, -0.05) is 34.1 Å². The minimum absolute atomic E-state index is 0.463. The Morgan fingerprint density at radius 3 is 2.76 bits per heavy atom. The van der Waals surface area contributed by atoms with Crippen molar-refractivity contribution in [2.75, 3.05) is 0 Å². The third-order valence-corrected chi connectivity index (χ3v) is 5.40. The van der Waals surface area contributed by atoms with Crippen molar-refractivity contribution in [1.29, 1.82) is 0 Å². The Kier molecular flexibility index (Phi) is 4.42. The van der Waals surface area contributed by atoms with Crippen LogP contribution < -0.4 is 0 Å². The molecule has 0 aliphatic rings. The van der Waals surface area contributed by atoms with E-state index in [-0.39, 0.29) is 0 Å². The molecular weight excluding hydrogens is 364 g/mol. The molecule has 0 aliphatic heterocycles. The molecule has 1 aromatic heterocycles. The van der Waals surface area contributed by atoms with Crippen LogP contribution in [0.5, 0.6) is 0 Å². The lowest BCUT2D eigenvalue weighted by Crippen LogP contribution is -2.02. The second-order valence-corrected chi connectivity index (χ2v) is 6.63. The number of hydrogen-bond donors (Lipinski definition) is 1. The molecule has 0 saturated carbocycles. The third kappa shape index (κ3) is 3.19. The van der Waals surface area contributed by atoms with E-state index in [4.69, 9.17) is 0 Å². The maximum Gasteiger partial charge on any atom is 0.0849 e. The zero-order valence-corrected chi connectivity index (χ0v) is 13.3. The lowest BCUT2D eigenvalue weighted by atomic mass is 10.0. The molecule has 1 nitrogen and oxygen atoms in total. The number of aryl methyl sites for hydroxylation is 1. The molecular formula is C13H12Br2OS. The highest BCUT2D eigenvalue weighted by Gasteiger charge is 2.14. The van der Waals surface area contributed by atoms with Gasteiger partial charge in [-0.15, -0.1) is 11.3 Å². The largest absolute Gasteiger partial charge is 0.388 e. The van der Waals surface area contributed by atoms with Crippen LogP contribution in [-0.2, 0) is 6.42 Å². The smallest absolute Gasteiger partial charge is 0.0849 e. The van der Waals surface area contributed by atoms with Crippen LogP contribution >= 0.6 is 43.2 Å². The molecule has 0 aliphatic carbocycles. The molecule has 0 amide bonds. The summed E-state index contributed by atoms with van der Waals surface area (Å²) in [7, 11) is 0. The van der Waals surface area contributed by atoms with Crippen molar-refractivity contribution in [3.8, 4) is 0 Å². The molecule has 0 fully saturated rings. The van der Waals surface area contributed by atoms with Gasteiger partial charge >= 0.3 is 0 Å². The fourth-order valence-corrected chi connectivity index (χ4v) is 3.71. The zero-order valence-electron chi connectivity index (χ0n) is 9.28. The van der Waals surface area contributed by atoms with E-state index in [2.05, 4.69) is 37.9 Å². The van der Waals surface area contributed by atoms with Gasteiger partial charge in [0.25, 0.3) is 0 Å². The average molecular weight is 376 g/mol. The predicted octanol–water partition coefficient (Wildman–Crippen LogP) is 4.86. The van der Waals surface area contributed by atoms with Gasteiger partial charge in [0.15, 0.2) is 0 Å². The van der Waals surface area contributed by atoms with Crippen LogP contribution in [0.25, 0.3) is 0 Å². The molecule has 1 heterocycles. The number of hydrogen-bond acceptors (Lipinski definition) is 2. The van der Waals surface area contributed by atoms with E-state index in [9.17, 15) is 5.11 Å². The van der Waals surface area contributed by atoms with Gasteiger partial charge in [0.1, 0.15) is 0 Å². The van der Waals surface area contributed by atoms with E-state index in [1.54, 1.807) is 11.3 Å². The lowest BCUT2D eigenvalue weighted by molar-refractivity contribution is 0.178. The van der Waals surface area contributed by atoms with E-state index in [0.29, 0.717) is 6.42 Å². The molecule has 1 unspecified atom stereocenters. The van der Waals surface area contributed by atoms with Crippen molar-refractivity contribution in [3.05, 3.63) is 54.6 Å². The zero-order chi connectivity index (χ0) is 12.4. The van der Waals surface area contributed by atoms with Crippen LogP contribution in [0.2, 0.25) is 0 Å². The maximum atomic E-state index is 10.2. The van der Waals surface area contributed by atoms with Gasteiger partial charge in [-0.2, -0.15) is 0 Å². The molecule has 1 atom stereocenters. The molecule has 0 saturated heterocycles.